The Morgan fingerprint density at radius 3 is 2.48 bits per heavy atom. The van der Waals surface area contributed by atoms with Crippen LogP contribution in [-0.2, 0) is 9.53 Å². The number of nitrogens with one attached hydrogen (secondary N) is 2. The number of aromatic nitrogens is 1. The highest BCUT2D eigenvalue weighted by molar-refractivity contribution is 6.01. The second-order valence-electron chi connectivity index (χ2n) is 4.68. The summed E-state index contributed by atoms with van der Waals surface area (Å²) in [5, 5.41) is 5.40. The molecule has 0 aliphatic carbocycles. The van der Waals surface area contributed by atoms with Crippen LogP contribution in [0, 0.1) is 6.92 Å². The first kappa shape index (κ1) is 16.2. The minimum atomic E-state index is -0.658. The second-order valence-corrected chi connectivity index (χ2v) is 4.68. The maximum absolute atomic E-state index is 12.1. The molecule has 6 nitrogen and oxygen atoms in total. The van der Waals surface area contributed by atoms with E-state index in [9.17, 15) is 9.59 Å². The van der Waals surface area contributed by atoms with E-state index in [0.29, 0.717) is 11.4 Å². The Kier molecular flexibility index (Phi) is 5.46. The van der Waals surface area contributed by atoms with Gasteiger partial charge in [0.15, 0.2) is 0 Å². The van der Waals surface area contributed by atoms with Gasteiger partial charge < -0.3 is 15.4 Å². The zero-order chi connectivity index (χ0) is 16.7. The van der Waals surface area contributed by atoms with Crippen LogP contribution in [0.3, 0.4) is 0 Å². The lowest BCUT2D eigenvalue weighted by Gasteiger charge is -2.09. The van der Waals surface area contributed by atoms with Gasteiger partial charge >= 0.3 is 5.97 Å². The van der Waals surface area contributed by atoms with Gasteiger partial charge in [-0.1, -0.05) is 24.3 Å². The Balaban J connectivity index is 2.15. The van der Waals surface area contributed by atoms with Gasteiger partial charge in [-0.05, 0) is 31.2 Å². The summed E-state index contributed by atoms with van der Waals surface area (Å²) in [4.78, 5) is 28.2. The molecule has 0 bridgehead atoms. The van der Waals surface area contributed by atoms with Crippen molar-refractivity contribution in [2.75, 3.05) is 12.4 Å². The van der Waals surface area contributed by atoms with Gasteiger partial charge in [0.1, 0.15) is 11.5 Å². The van der Waals surface area contributed by atoms with Crippen molar-refractivity contribution in [3.8, 4) is 0 Å². The topological polar surface area (TPSA) is 80.3 Å². The quantitative estimate of drug-likeness (QED) is 0.654. The Hall–Kier alpha value is -3.15. The number of ether oxygens (including phenoxy) is 1. The van der Waals surface area contributed by atoms with Crippen molar-refractivity contribution < 1.29 is 14.3 Å². The fraction of sp³-hybridized carbons (Fsp3) is 0.118. The highest BCUT2D eigenvalue weighted by Crippen LogP contribution is 2.06. The number of pyridine rings is 1. The van der Waals surface area contributed by atoms with Gasteiger partial charge in [0.05, 0.1) is 7.11 Å². The molecule has 6 heteroatoms. The van der Waals surface area contributed by atoms with E-state index >= 15 is 0 Å². The Labute approximate surface area is 134 Å². The van der Waals surface area contributed by atoms with Crippen LogP contribution in [0.4, 0.5) is 5.82 Å². The zero-order valence-electron chi connectivity index (χ0n) is 12.9. The third-order valence-corrected chi connectivity index (χ3v) is 2.94. The molecule has 1 aromatic heterocycles. The molecule has 0 aliphatic rings. The van der Waals surface area contributed by atoms with Crippen molar-refractivity contribution in [2.45, 2.75) is 6.92 Å². The molecule has 0 spiro atoms. The van der Waals surface area contributed by atoms with E-state index in [0.717, 1.165) is 5.69 Å². The molecule has 1 aromatic carbocycles. The SMILES string of the molecule is COC(=O)/C(=C/Nc1cccc(C)n1)NC(=O)c1ccccc1. The van der Waals surface area contributed by atoms with E-state index in [-0.39, 0.29) is 5.70 Å². The highest BCUT2D eigenvalue weighted by Gasteiger charge is 2.14. The fourth-order valence-electron chi connectivity index (χ4n) is 1.81. The fourth-order valence-corrected chi connectivity index (χ4v) is 1.81. The van der Waals surface area contributed by atoms with Crippen molar-refractivity contribution in [3.05, 3.63) is 71.7 Å². The number of aryl methyl sites for hydroxylation is 1. The number of anilines is 1. The number of hydrogen-bond acceptors (Lipinski definition) is 5. The van der Waals surface area contributed by atoms with Crippen LogP contribution in [0.1, 0.15) is 16.1 Å². The summed E-state index contributed by atoms with van der Waals surface area (Å²) in [5.74, 6) is -0.504. The standard InChI is InChI=1S/C17H17N3O3/c1-12-7-6-10-15(19-12)18-11-14(17(22)23-2)20-16(21)13-8-4-3-5-9-13/h3-11H,1-2H3,(H,18,19)(H,20,21)/b14-11-. The van der Waals surface area contributed by atoms with E-state index in [1.54, 1.807) is 36.4 Å². The molecule has 2 rings (SSSR count). The van der Waals surface area contributed by atoms with Crippen LogP contribution < -0.4 is 10.6 Å². The first-order valence-electron chi connectivity index (χ1n) is 6.95. The van der Waals surface area contributed by atoms with E-state index in [1.165, 1.54) is 13.3 Å². The van der Waals surface area contributed by atoms with E-state index in [4.69, 9.17) is 0 Å². The van der Waals surface area contributed by atoms with E-state index in [2.05, 4.69) is 20.4 Å². The van der Waals surface area contributed by atoms with Crippen molar-refractivity contribution >= 4 is 17.7 Å². The van der Waals surface area contributed by atoms with Crippen molar-refractivity contribution in [1.82, 2.24) is 10.3 Å². The average Bonchev–Trinajstić information content (AvgIpc) is 2.58. The highest BCUT2D eigenvalue weighted by atomic mass is 16.5. The number of rotatable bonds is 5. The molecule has 1 heterocycles. The van der Waals surface area contributed by atoms with Gasteiger partial charge in [0, 0.05) is 17.5 Å². The van der Waals surface area contributed by atoms with Crippen molar-refractivity contribution in [3.63, 3.8) is 0 Å². The maximum Gasteiger partial charge on any atom is 0.356 e. The van der Waals surface area contributed by atoms with Crippen LogP contribution in [0.25, 0.3) is 0 Å². The molecule has 0 radical (unpaired) electrons. The van der Waals surface area contributed by atoms with Gasteiger partial charge in [-0.2, -0.15) is 0 Å². The molecular formula is C17H17N3O3. The van der Waals surface area contributed by atoms with Gasteiger partial charge in [-0.25, -0.2) is 9.78 Å². The Bertz CT molecular complexity index is 727. The van der Waals surface area contributed by atoms with Crippen LogP contribution in [0.15, 0.2) is 60.4 Å². The smallest absolute Gasteiger partial charge is 0.356 e. The largest absolute Gasteiger partial charge is 0.464 e. The molecule has 2 N–H and O–H groups in total. The number of carbonyl (C=O) groups excluding carboxylic acids is 2. The van der Waals surface area contributed by atoms with Crippen molar-refractivity contribution in [1.29, 1.82) is 0 Å². The monoisotopic (exact) mass is 311 g/mol. The van der Waals surface area contributed by atoms with Gasteiger partial charge in [-0.15, -0.1) is 0 Å². The van der Waals surface area contributed by atoms with E-state index < -0.39 is 11.9 Å². The predicted molar refractivity (Wildman–Crippen MR) is 86.6 cm³/mol. The van der Waals surface area contributed by atoms with Crippen molar-refractivity contribution in [2.24, 2.45) is 0 Å². The Morgan fingerprint density at radius 1 is 1.09 bits per heavy atom. The number of hydrogen-bond donors (Lipinski definition) is 2. The van der Waals surface area contributed by atoms with Crippen LogP contribution >= 0.6 is 0 Å². The lowest BCUT2D eigenvalue weighted by molar-refractivity contribution is -0.136. The average molecular weight is 311 g/mol. The second kappa shape index (κ2) is 7.74. The number of esters is 1. The summed E-state index contributed by atoms with van der Waals surface area (Å²) in [7, 11) is 1.25. The van der Waals surface area contributed by atoms with Crippen LogP contribution in [0.2, 0.25) is 0 Å². The van der Waals surface area contributed by atoms with Gasteiger partial charge in [0.25, 0.3) is 5.91 Å². The molecule has 0 atom stereocenters. The summed E-state index contributed by atoms with van der Waals surface area (Å²) in [6, 6.07) is 14.0. The molecule has 1 amide bonds. The van der Waals surface area contributed by atoms with Crippen LogP contribution in [0.5, 0.6) is 0 Å². The number of nitrogens with zero attached hydrogens (tertiary/aromatic N) is 1. The molecule has 0 saturated heterocycles. The molecule has 0 fully saturated rings. The molecule has 0 aliphatic heterocycles. The summed E-state index contributed by atoms with van der Waals surface area (Å²) >= 11 is 0. The lowest BCUT2D eigenvalue weighted by atomic mass is 10.2. The third kappa shape index (κ3) is 4.67. The maximum atomic E-state index is 12.1. The summed E-state index contributed by atoms with van der Waals surface area (Å²) in [6.45, 7) is 1.85. The predicted octanol–water partition coefficient (Wildman–Crippen LogP) is 2.25. The van der Waals surface area contributed by atoms with E-state index in [1.807, 2.05) is 19.1 Å². The first-order valence-corrected chi connectivity index (χ1v) is 6.95. The first-order chi connectivity index (χ1) is 11.1. The number of benzene rings is 1. The number of methoxy groups -OCH3 is 1. The molecular weight excluding hydrogens is 294 g/mol. The van der Waals surface area contributed by atoms with Gasteiger partial charge in [0.2, 0.25) is 0 Å². The van der Waals surface area contributed by atoms with Gasteiger partial charge in [-0.3, -0.25) is 4.79 Å². The molecule has 0 saturated carbocycles. The summed E-state index contributed by atoms with van der Waals surface area (Å²) in [5.41, 5.74) is 1.26. The molecule has 2 aromatic rings. The minimum absolute atomic E-state index is 0.00957. The lowest BCUT2D eigenvalue weighted by Crippen LogP contribution is -2.28. The molecule has 23 heavy (non-hydrogen) atoms. The normalized spacial score (nSPS) is 10.8. The Morgan fingerprint density at radius 2 is 1.83 bits per heavy atom. The van der Waals surface area contributed by atoms with Crippen LogP contribution in [-0.4, -0.2) is 24.0 Å². The summed E-state index contributed by atoms with van der Waals surface area (Å²) < 4.78 is 4.68. The number of amides is 1. The third-order valence-electron chi connectivity index (χ3n) is 2.94. The summed E-state index contributed by atoms with van der Waals surface area (Å²) in [6.07, 6.45) is 1.36. The zero-order valence-corrected chi connectivity index (χ0v) is 12.9. The molecule has 0 unspecified atom stereocenters. The minimum Gasteiger partial charge on any atom is -0.464 e. The molecule has 118 valence electrons. The number of carbonyl (C=O) groups is 2.